The van der Waals surface area contributed by atoms with Crippen molar-refractivity contribution in [3.63, 3.8) is 0 Å². The highest BCUT2D eigenvalue weighted by molar-refractivity contribution is 7.90. The molecule has 1 amide bonds. The van der Waals surface area contributed by atoms with Gasteiger partial charge in [-0.15, -0.1) is 0 Å². The second-order valence-corrected chi connectivity index (χ2v) is 6.95. The number of aryl methyl sites for hydroxylation is 1. The number of hydrogen-bond acceptors (Lipinski definition) is 6. The molecular formula is C12H14ClN5O3S. The van der Waals surface area contributed by atoms with Gasteiger partial charge >= 0.3 is 0 Å². The quantitative estimate of drug-likeness (QED) is 0.891. The highest BCUT2D eigenvalue weighted by Crippen LogP contribution is 2.17. The molecule has 1 N–H and O–H groups in total. The molecule has 118 valence electrons. The third-order valence-corrected chi connectivity index (χ3v) is 4.27. The maximum absolute atomic E-state index is 12.1. The number of nitrogens with zero attached hydrogens (tertiary/aromatic N) is 4. The molecule has 10 heteroatoms. The number of hydrogen-bond donors (Lipinski definition) is 1. The first-order chi connectivity index (χ1) is 10.2. The topological polar surface area (TPSA) is 107 Å². The van der Waals surface area contributed by atoms with Gasteiger partial charge in [0.25, 0.3) is 15.9 Å². The monoisotopic (exact) mass is 343 g/mol. The van der Waals surface area contributed by atoms with E-state index in [9.17, 15) is 13.2 Å². The smallest absolute Gasteiger partial charge is 0.274 e. The Balaban J connectivity index is 2.31. The van der Waals surface area contributed by atoms with Crippen LogP contribution in [0.2, 0.25) is 5.02 Å². The van der Waals surface area contributed by atoms with E-state index in [0.717, 1.165) is 6.20 Å². The molecule has 2 heterocycles. The van der Waals surface area contributed by atoms with Crippen LogP contribution in [-0.2, 0) is 17.1 Å². The second-order valence-electron chi connectivity index (χ2n) is 4.86. The Morgan fingerprint density at radius 1 is 1.36 bits per heavy atom. The number of sulfonamides is 1. The third-order valence-electron chi connectivity index (χ3n) is 2.71. The molecule has 0 saturated carbocycles. The number of aromatic nitrogens is 4. The zero-order valence-electron chi connectivity index (χ0n) is 12.1. The number of carbonyl (C=O) groups excluding carboxylic acids is 1. The maximum Gasteiger partial charge on any atom is 0.285 e. The molecule has 8 nitrogen and oxygen atoms in total. The van der Waals surface area contributed by atoms with E-state index in [2.05, 4.69) is 15.1 Å². The first-order valence-electron chi connectivity index (χ1n) is 6.29. The predicted octanol–water partition coefficient (Wildman–Crippen LogP) is 1.11. The summed E-state index contributed by atoms with van der Waals surface area (Å²) in [6.07, 6.45) is 3.68. The van der Waals surface area contributed by atoms with Crippen molar-refractivity contribution in [3.8, 4) is 0 Å². The molecule has 0 aliphatic heterocycles. The van der Waals surface area contributed by atoms with Crippen molar-refractivity contribution in [3.05, 3.63) is 35.1 Å². The van der Waals surface area contributed by atoms with E-state index < -0.39 is 15.9 Å². The van der Waals surface area contributed by atoms with Gasteiger partial charge in [-0.3, -0.25) is 9.48 Å². The summed E-state index contributed by atoms with van der Waals surface area (Å²) in [5, 5.41) is 3.73. The van der Waals surface area contributed by atoms with Crippen molar-refractivity contribution < 1.29 is 13.2 Å². The number of amides is 1. The van der Waals surface area contributed by atoms with Gasteiger partial charge in [-0.05, 0) is 0 Å². The lowest BCUT2D eigenvalue weighted by molar-refractivity contribution is 0.0976. The molecule has 22 heavy (non-hydrogen) atoms. The van der Waals surface area contributed by atoms with Crippen molar-refractivity contribution in [2.24, 2.45) is 7.05 Å². The Hall–Kier alpha value is -2.00. The molecule has 0 aliphatic carbocycles. The maximum atomic E-state index is 12.1. The molecule has 0 bridgehead atoms. The molecule has 0 atom stereocenters. The summed E-state index contributed by atoms with van der Waals surface area (Å²) in [5.41, 5.74) is -0.187. The highest BCUT2D eigenvalue weighted by atomic mass is 35.5. The molecule has 0 aliphatic rings. The average Bonchev–Trinajstić information content (AvgIpc) is 2.86. The van der Waals surface area contributed by atoms with E-state index in [-0.39, 0.29) is 21.5 Å². The molecule has 2 aromatic heterocycles. The van der Waals surface area contributed by atoms with Crippen LogP contribution in [0.1, 0.15) is 36.1 Å². The van der Waals surface area contributed by atoms with Crippen LogP contribution in [0.25, 0.3) is 0 Å². The molecule has 0 saturated heterocycles. The average molecular weight is 344 g/mol. The molecule has 0 spiro atoms. The zero-order valence-corrected chi connectivity index (χ0v) is 13.7. The van der Waals surface area contributed by atoms with Crippen LogP contribution in [0.3, 0.4) is 0 Å². The minimum absolute atomic E-state index is 0.0247. The summed E-state index contributed by atoms with van der Waals surface area (Å²) < 4.78 is 27.4. The second kappa shape index (κ2) is 6.01. The Morgan fingerprint density at radius 3 is 2.59 bits per heavy atom. The van der Waals surface area contributed by atoms with Gasteiger partial charge in [0.2, 0.25) is 0 Å². The first kappa shape index (κ1) is 16.4. The Morgan fingerprint density at radius 2 is 2.05 bits per heavy atom. The molecule has 0 fully saturated rings. The van der Waals surface area contributed by atoms with Crippen LogP contribution < -0.4 is 4.72 Å². The molecular weight excluding hydrogens is 330 g/mol. The van der Waals surface area contributed by atoms with Crippen LogP contribution >= 0.6 is 11.6 Å². The van der Waals surface area contributed by atoms with E-state index in [1.165, 1.54) is 17.1 Å². The molecule has 2 rings (SSSR count). The van der Waals surface area contributed by atoms with E-state index in [1.54, 1.807) is 7.05 Å². The SMILES string of the molecule is CC(C)c1ncc(Cl)c(C(=O)NS(=O)(=O)c2cnn(C)c2)n1. The van der Waals surface area contributed by atoms with Gasteiger partial charge in [0, 0.05) is 19.2 Å². The molecule has 0 radical (unpaired) electrons. The van der Waals surface area contributed by atoms with Crippen molar-refractivity contribution in [2.75, 3.05) is 0 Å². The van der Waals surface area contributed by atoms with E-state index in [4.69, 9.17) is 11.6 Å². The lowest BCUT2D eigenvalue weighted by Crippen LogP contribution is -2.31. The summed E-state index contributed by atoms with van der Waals surface area (Å²) in [6, 6.07) is 0. The van der Waals surface area contributed by atoms with Crippen LogP contribution in [-0.4, -0.2) is 34.1 Å². The van der Waals surface area contributed by atoms with Crippen molar-refractivity contribution in [1.82, 2.24) is 24.5 Å². The minimum atomic E-state index is -4.04. The fourth-order valence-corrected chi connectivity index (χ4v) is 2.70. The Kier molecular flexibility index (Phi) is 4.47. The summed E-state index contributed by atoms with van der Waals surface area (Å²) in [5.74, 6) is -0.551. The summed E-state index contributed by atoms with van der Waals surface area (Å²) in [6.45, 7) is 3.69. The van der Waals surface area contributed by atoms with Gasteiger partial charge in [-0.25, -0.2) is 23.1 Å². The Bertz CT molecular complexity index is 816. The van der Waals surface area contributed by atoms with E-state index in [1.807, 2.05) is 18.6 Å². The number of halogens is 1. The van der Waals surface area contributed by atoms with Crippen molar-refractivity contribution >= 4 is 27.5 Å². The predicted molar refractivity (Wildman–Crippen MR) is 79.0 cm³/mol. The standard InChI is InChI=1S/C12H14ClN5O3S/c1-7(2)11-14-5-9(13)10(16-11)12(19)17-22(20,21)8-4-15-18(3)6-8/h4-7H,1-3H3,(H,17,19). The number of carbonyl (C=O) groups is 1. The number of nitrogens with one attached hydrogen (secondary N) is 1. The molecule has 2 aromatic rings. The third kappa shape index (κ3) is 3.42. The van der Waals surface area contributed by atoms with Gasteiger partial charge in [-0.1, -0.05) is 25.4 Å². The van der Waals surface area contributed by atoms with Gasteiger partial charge in [-0.2, -0.15) is 5.10 Å². The fraction of sp³-hybridized carbons (Fsp3) is 0.333. The van der Waals surface area contributed by atoms with Crippen LogP contribution in [0.4, 0.5) is 0 Å². The number of rotatable bonds is 4. The van der Waals surface area contributed by atoms with Crippen LogP contribution in [0, 0.1) is 0 Å². The minimum Gasteiger partial charge on any atom is -0.274 e. The van der Waals surface area contributed by atoms with Gasteiger partial charge < -0.3 is 0 Å². The Labute approximate surface area is 132 Å². The van der Waals surface area contributed by atoms with Gasteiger partial charge in [0.15, 0.2) is 5.69 Å². The first-order valence-corrected chi connectivity index (χ1v) is 8.15. The summed E-state index contributed by atoms with van der Waals surface area (Å²) in [7, 11) is -2.47. The lowest BCUT2D eigenvalue weighted by Gasteiger charge is -2.08. The van der Waals surface area contributed by atoms with Gasteiger partial charge in [0.05, 0.1) is 17.4 Å². The zero-order chi connectivity index (χ0) is 16.5. The van der Waals surface area contributed by atoms with Crippen LogP contribution in [0.15, 0.2) is 23.5 Å². The van der Waals surface area contributed by atoms with Crippen molar-refractivity contribution in [1.29, 1.82) is 0 Å². The summed E-state index contributed by atoms with van der Waals surface area (Å²) >= 11 is 5.88. The lowest BCUT2D eigenvalue weighted by atomic mass is 10.2. The molecule has 0 unspecified atom stereocenters. The van der Waals surface area contributed by atoms with E-state index >= 15 is 0 Å². The fourth-order valence-electron chi connectivity index (χ4n) is 1.59. The largest absolute Gasteiger partial charge is 0.285 e. The highest BCUT2D eigenvalue weighted by Gasteiger charge is 2.23. The normalized spacial score (nSPS) is 11.7. The summed E-state index contributed by atoms with van der Waals surface area (Å²) in [4.78, 5) is 20.0. The van der Waals surface area contributed by atoms with Crippen LogP contribution in [0.5, 0.6) is 0 Å². The van der Waals surface area contributed by atoms with Crippen molar-refractivity contribution in [2.45, 2.75) is 24.7 Å². The van der Waals surface area contributed by atoms with E-state index in [0.29, 0.717) is 5.82 Å². The molecule has 0 aromatic carbocycles. The van der Waals surface area contributed by atoms with Gasteiger partial charge in [0.1, 0.15) is 10.7 Å².